The highest BCUT2D eigenvalue weighted by atomic mass is 16.2. The first-order chi connectivity index (χ1) is 13.2. The molecule has 1 aromatic carbocycles. The number of nitrogens with zero attached hydrogens (tertiary/aromatic N) is 5. The van der Waals surface area contributed by atoms with Crippen LogP contribution in [0.15, 0.2) is 55.1 Å². The second kappa shape index (κ2) is 7.75. The van der Waals surface area contributed by atoms with Gasteiger partial charge in [0.1, 0.15) is 0 Å². The number of likely N-dealkylation sites (tertiary alicyclic amines) is 1. The third-order valence-corrected chi connectivity index (χ3v) is 4.96. The van der Waals surface area contributed by atoms with Gasteiger partial charge in [-0.15, -0.1) is 0 Å². The summed E-state index contributed by atoms with van der Waals surface area (Å²) in [7, 11) is 1.91. The molecular formula is C20H24N6O. The molecule has 0 aliphatic carbocycles. The van der Waals surface area contributed by atoms with Gasteiger partial charge < -0.3 is 5.32 Å². The first-order valence-corrected chi connectivity index (χ1v) is 9.31. The fourth-order valence-electron chi connectivity index (χ4n) is 3.61. The van der Waals surface area contributed by atoms with E-state index >= 15 is 0 Å². The zero-order chi connectivity index (χ0) is 18.6. The number of nitrogens with one attached hydrogen (secondary N) is 1. The minimum Gasteiger partial charge on any atom is -0.325 e. The van der Waals surface area contributed by atoms with E-state index in [0.717, 1.165) is 49.3 Å². The second-order valence-corrected chi connectivity index (χ2v) is 6.99. The smallest absolute Gasteiger partial charge is 0.241 e. The normalized spacial score (nSPS) is 17.7. The van der Waals surface area contributed by atoms with Gasteiger partial charge in [0.15, 0.2) is 0 Å². The van der Waals surface area contributed by atoms with Gasteiger partial charge in [-0.2, -0.15) is 10.2 Å². The highest BCUT2D eigenvalue weighted by Gasteiger charge is 2.29. The predicted octanol–water partition coefficient (Wildman–Crippen LogP) is 2.60. The summed E-state index contributed by atoms with van der Waals surface area (Å²) in [5.74, 6) is 0.0606. The molecule has 4 rings (SSSR count). The van der Waals surface area contributed by atoms with E-state index in [1.54, 1.807) is 15.6 Å². The molecule has 1 N–H and O–H groups in total. The Balaban J connectivity index is 1.42. The van der Waals surface area contributed by atoms with Crippen LogP contribution >= 0.6 is 0 Å². The van der Waals surface area contributed by atoms with Gasteiger partial charge in [0.25, 0.3) is 0 Å². The maximum atomic E-state index is 12.9. The Bertz CT molecular complexity index is 884. The van der Waals surface area contributed by atoms with Crippen molar-refractivity contribution in [1.82, 2.24) is 24.5 Å². The third-order valence-electron chi connectivity index (χ3n) is 4.96. The van der Waals surface area contributed by atoms with Gasteiger partial charge in [0.05, 0.1) is 17.9 Å². The number of anilines is 1. The summed E-state index contributed by atoms with van der Waals surface area (Å²) >= 11 is 0. The lowest BCUT2D eigenvalue weighted by Gasteiger charge is -2.34. The standard InChI is InChI=1S/C20H24N6O/c1-24-14-16(13-22-24)15-25-11-3-2-5-19(25)20(27)23-17-6-8-18(9-7-17)26-12-4-10-21-26/h4,6-10,12-14,19H,2-3,5,11,15H2,1H3,(H,23,27)/t19-/m1/s1. The number of piperidine rings is 1. The number of hydrogen-bond acceptors (Lipinski definition) is 4. The monoisotopic (exact) mass is 364 g/mol. The van der Waals surface area contributed by atoms with E-state index in [-0.39, 0.29) is 11.9 Å². The van der Waals surface area contributed by atoms with Gasteiger partial charge in [-0.05, 0) is 49.7 Å². The van der Waals surface area contributed by atoms with E-state index in [1.165, 1.54) is 0 Å². The summed E-state index contributed by atoms with van der Waals surface area (Å²) in [4.78, 5) is 15.2. The van der Waals surface area contributed by atoms with Gasteiger partial charge >= 0.3 is 0 Å². The van der Waals surface area contributed by atoms with E-state index < -0.39 is 0 Å². The highest BCUT2D eigenvalue weighted by Crippen LogP contribution is 2.21. The van der Waals surface area contributed by atoms with Gasteiger partial charge in [-0.3, -0.25) is 14.4 Å². The summed E-state index contributed by atoms with van der Waals surface area (Å²) in [5, 5.41) is 11.5. The van der Waals surface area contributed by atoms with Crippen LogP contribution in [0.5, 0.6) is 0 Å². The molecule has 3 aromatic rings. The van der Waals surface area contributed by atoms with Crippen molar-refractivity contribution < 1.29 is 4.79 Å². The van der Waals surface area contributed by atoms with E-state index in [4.69, 9.17) is 0 Å². The van der Waals surface area contributed by atoms with Crippen molar-refractivity contribution in [2.24, 2.45) is 7.05 Å². The highest BCUT2D eigenvalue weighted by molar-refractivity contribution is 5.95. The number of aryl methyl sites for hydroxylation is 1. The molecule has 1 atom stereocenters. The Kier molecular flexibility index (Phi) is 5.02. The molecule has 27 heavy (non-hydrogen) atoms. The number of aromatic nitrogens is 4. The predicted molar refractivity (Wildman–Crippen MR) is 103 cm³/mol. The minimum absolute atomic E-state index is 0.0606. The molecule has 7 nitrogen and oxygen atoms in total. The number of rotatable bonds is 5. The molecule has 7 heteroatoms. The Morgan fingerprint density at radius 1 is 1.22 bits per heavy atom. The SMILES string of the molecule is Cn1cc(CN2CCCC[C@@H]2C(=O)Nc2ccc(-n3cccn3)cc2)cn1. The molecule has 1 aliphatic heterocycles. The van der Waals surface area contributed by atoms with Crippen molar-refractivity contribution in [3.05, 3.63) is 60.7 Å². The fourth-order valence-corrected chi connectivity index (χ4v) is 3.61. The average molecular weight is 364 g/mol. The van der Waals surface area contributed by atoms with Gasteiger partial charge in [-0.25, -0.2) is 4.68 Å². The van der Waals surface area contributed by atoms with Gasteiger partial charge in [0.2, 0.25) is 5.91 Å². The van der Waals surface area contributed by atoms with Crippen molar-refractivity contribution in [1.29, 1.82) is 0 Å². The van der Waals surface area contributed by atoms with Crippen molar-refractivity contribution in [3.8, 4) is 5.69 Å². The largest absolute Gasteiger partial charge is 0.325 e. The molecule has 0 spiro atoms. The number of amides is 1. The molecule has 1 saturated heterocycles. The van der Waals surface area contributed by atoms with Crippen LogP contribution in [0.25, 0.3) is 5.69 Å². The van der Waals surface area contributed by atoms with Crippen LogP contribution in [0.1, 0.15) is 24.8 Å². The molecule has 2 aromatic heterocycles. The zero-order valence-corrected chi connectivity index (χ0v) is 15.5. The van der Waals surface area contributed by atoms with Crippen LogP contribution in [0, 0.1) is 0 Å². The first-order valence-electron chi connectivity index (χ1n) is 9.31. The Morgan fingerprint density at radius 2 is 2.07 bits per heavy atom. The Hall–Kier alpha value is -2.93. The molecule has 0 unspecified atom stereocenters. The lowest BCUT2D eigenvalue weighted by molar-refractivity contribution is -0.122. The van der Waals surface area contributed by atoms with Crippen LogP contribution in [-0.2, 0) is 18.4 Å². The van der Waals surface area contributed by atoms with Crippen molar-refractivity contribution >= 4 is 11.6 Å². The lowest BCUT2D eigenvalue weighted by atomic mass is 10.0. The average Bonchev–Trinajstić information content (AvgIpc) is 3.35. The Morgan fingerprint density at radius 3 is 2.78 bits per heavy atom. The third kappa shape index (κ3) is 4.09. The number of carbonyl (C=O) groups excluding carboxylic acids is 1. The summed E-state index contributed by atoms with van der Waals surface area (Å²) in [6, 6.07) is 9.53. The van der Waals surface area contributed by atoms with E-state index in [9.17, 15) is 4.79 Å². The molecule has 140 valence electrons. The van der Waals surface area contributed by atoms with Crippen LogP contribution < -0.4 is 5.32 Å². The molecule has 0 saturated carbocycles. The zero-order valence-electron chi connectivity index (χ0n) is 15.5. The number of carbonyl (C=O) groups is 1. The number of benzene rings is 1. The molecule has 0 radical (unpaired) electrons. The maximum Gasteiger partial charge on any atom is 0.241 e. The van der Waals surface area contributed by atoms with Crippen LogP contribution in [0.4, 0.5) is 5.69 Å². The summed E-state index contributed by atoms with van der Waals surface area (Å²) in [5.41, 5.74) is 2.91. The summed E-state index contributed by atoms with van der Waals surface area (Å²) < 4.78 is 3.60. The number of hydrogen-bond donors (Lipinski definition) is 1. The molecular weight excluding hydrogens is 340 g/mol. The van der Waals surface area contributed by atoms with E-state index in [0.29, 0.717) is 0 Å². The molecule has 3 heterocycles. The molecule has 1 fully saturated rings. The fraction of sp³-hybridized carbons (Fsp3) is 0.350. The molecule has 0 bridgehead atoms. The second-order valence-electron chi connectivity index (χ2n) is 6.99. The molecule has 1 amide bonds. The van der Waals surface area contributed by atoms with Crippen molar-refractivity contribution in [2.45, 2.75) is 31.8 Å². The minimum atomic E-state index is -0.107. The van der Waals surface area contributed by atoms with Crippen molar-refractivity contribution in [2.75, 3.05) is 11.9 Å². The topological polar surface area (TPSA) is 68.0 Å². The van der Waals surface area contributed by atoms with E-state index in [2.05, 4.69) is 20.4 Å². The van der Waals surface area contributed by atoms with Crippen LogP contribution in [0.3, 0.4) is 0 Å². The van der Waals surface area contributed by atoms with Gasteiger partial charge in [0, 0.05) is 43.4 Å². The summed E-state index contributed by atoms with van der Waals surface area (Å²) in [6.45, 7) is 1.69. The quantitative estimate of drug-likeness (QED) is 0.756. The first kappa shape index (κ1) is 17.5. The van der Waals surface area contributed by atoms with Crippen LogP contribution in [0.2, 0.25) is 0 Å². The van der Waals surface area contributed by atoms with Crippen molar-refractivity contribution in [3.63, 3.8) is 0 Å². The Labute approximate surface area is 158 Å². The van der Waals surface area contributed by atoms with Crippen LogP contribution in [-0.4, -0.2) is 43.0 Å². The summed E-state index contributed by atoms with van der Waals surface area (Å²) in [6.07, 6.45) is 10.6. The molecule has 1 aliphatic rings. The maximum absolute atomic E-state index is 12.9. The van der Waals surface area contributed by atoms with E-state index in [1.807, 2.05) is 56.0 Å². The van der Waals surface area contributed by atoms with Gasteiger partial charge in [-0.1, -0.05) is 6.42 Å². The lowest BCUT2D eigenvalue weighted by Crippen LogP contribution is -2.46.